The van der Waals surface area contributed by atoms with Crippen molar-refractivity contribution in [2.24, 2.45) is 5.41 Å². The van der Waals surface area contributed by atoms with Gasteiger partial charge in [0.15, 0.2) is 0 Å². The summed E-state index contributed by atoms with van der Waals surface area (Å²) in [6, 6.07) is 3.98. The quantitative estimate of drug-likeness (QED) is 0.836. The maximum absolute atomic E-state index is 12.5. The van der Waals surface area contributed by atoms with Gasteiger partial charge in [-0.15, -0.1) is 11.3 Å². The third-order valence-corrected chi connectivity index (χ3v) is 6.01. The van der Waals surface area contributed by atoms with Gasteiger partial charge in [0, 0.05) is 18.5 Å². The topological polar surface area (TPSA) is 72.9 Å². The Balaban J connectivity index is 1.48. The molecule has 1 unspecified atom stereocenters. The van der Waals surface area contributed by atoms with E-state index in [0.29, 0.717) is 38.9 Å². The number of likely N-dealkylation sites (tertiary alicyclic amines) is 2. The van der Waals surface area contributed by atoms with Crippen LogP contribution in [-0.4, -0.2) is 66.1 Å². The molecular weight excluding hydrogens is 326 g/mol. The average Bonchev–Trinajstić information content (AvgIpc) is 3.06. The lowest BCUT2D eigenvalue weighted by Gasteiger charge is -2.46. The van der Waals surface area contributed by atoms with Crippen LogP contribution >= 0.6 is 11.3 Å². The number of piperidine rings is 2. The molecule has 2 fully saturated rings. The normalized spacial score (nSPS) is 24.3. The zero-order chi connectivity index (χ0) is 17.2. The van der Waals surface area contributed by atoms with Crippen LogP contribution in [0.3, 0.4) is 0 Å². The molecule has 1 aromatic heterocycles. The van der Waals surface area contributed by atoms with Crippen LogP contribution in [0.4, 0.5) is 0 Å². The highest BCUT2D eigenvalue weighted by Gasteiger charge is 2.47. The van der Waals surface area contributed by atoms with Crippen molar-refractivity contribution >= 4 is 23.2 Å². The predicted molar refractivity (Wildman–Crippen MR) is 92.5 cm³/mol. The van der Waals surface area contributed by atoms with Crippen LogP contribution in [0, 0.1) is 5.41 Å². The van der Waals surface area contributed by atoms with Crippen LogP contribution in [0.5, 0.6) is 0 Å². The van der Waals surface area contributed by atoms with Crippen molar-refractivity contribution in [1.29, 1.82) is 0 Å². The van der Waals surface area contributed by atoms with E-state index in [1.807, 2.05) is 17.5 Å². The number of nitrogens with zero attached hydrogens (tertiary/aromatic N) is 2. The summed E-state index contributed by atoms with van der Waals surface area (Å²) in [5.41, 5.74) is -0.434. The molecular formula is C17H25N3O3S. The highest BCUT2D eigenvalue weighted by atomic mass is 32.1. The first-order chi connectivity index (χ1) is 11.5. The Bertz CT molecular complexity index is 582. The molecule has 0 aromatic carbocycles. The number of likely N-dealkylation sites (N-methyl/N-ethyl adjacent to an activating group) is 1. The lowest BCUT2D eigenvalue weighted by atomic mass is 9.71. The maximum Gasteiger partial charge on any atom is 0.234 e. The zero-order valence-electron chi connectivity index (χ0n) is 14.0. The molecule has 6 nitrogen and oxygen atoms in total. The molecule has 1 atom stereocenters. The number of rotatable bonds is 4. The third-order valence-electron chi connectivity index (χ3n) is 5.13. The van der Waals surface area contributed by atoms with E-state index in [4.69, 9.17) is 0 Å². The van der Waals surface area contributed by atoms with Crippen molar-refractivity contribution in [3.8, 4) is 0 Å². The summed E-state index contributed by atoms with van der Waals surface area (Å²) in [5.74, 6) is 0.168. The summed E-state index contributed by atoms with van der Waals surface area (Å²) in [4.78, 5) is 29.5. The number of aliphatic hydroxyl groups is 1. The number of β-amino-alcohol motifs (C(OH)–C–C–N with tert-alkyl or cyclic N) is 1. The lowest BCUT2D eigenvalue weighted by Crippen LogP contribution is -2.56. The third kappa shape index (κ3) is 3.79. The first-order valence-electron chi connectivity index (χ1n) is 8.44. The molecule has 0 saturated carbocycles. The number of aliphatic hydroxyl groups excluding tert-OH is 1. The van der Waals surface area contributed by atoms with E-state index < -0.39 is 11.5 Å². The molecule has 3 rings (SSSR count). The Labute approximate surface area is 146 Å². The fraction of sp³-hybridized carbons (Fsp3) is 0.647. The first-order valence-corrected chi connectivity index (χ1v) is 9.31. The van der Waals surface area contributed by atoms with Crippen molar-refractivity contribution in [1.82, 2.24) is 15.1 Å². The second kappa shape index (κ2) is 7.21. The molecule has 132 valence electrons. The highest BCUT2D eigenvalue weighted by molar-refractivity contribution is 7.09. The number of carbonyl (C=O) groups is 2. The van der Waals surface area contributed by atoms with Crippen molar-refractivity contribution in [3.63, 3.8) is 0 Å². The van der Waals surface area contributed by atoms with Gasteiger partial charge < -0.3 is 15.3 Å². The van der Waals surface area contributed by atoms with Crippen LogP contribution < -0.4 is 5.32 Å². The van der Waals surface area contributed by atoms with Crippen molar-refractivity contribution < 1.29 is 14.7 Å². The number of carbonyl (C=O) groups excluding carboxylic acids is 2. The number of nitrogens with one attached hydrogen (secondary N) is 1. The van der Waals surface area contributed by atoms with E-state index in [-0.39, 0.29) is 11.8 Å². The smallest absolute Gasteiger partial charge is 0.234 e. The largest absolute Gasteiger partial charge is 0.391 e. The molecule has 1 spiro atoms. The molecule has 7 heteroatoms. The van der Waals surface area contributed by atoms with Gasteiger partial charge in [-0.05, 0) is 43.8 Å². The molecule has 24 heavy (non-hydrogen) atoms. The Morgan fingerprint density at radius 2 is 2.21 bits per heavy atom. The zero-order valence-corrected chi connectivity index (χ0v) is 14.8. The summed E-state index contributed by atoms with van der Waals surface area (Å²) in [7, 11) is 1.76. The molecule has 0 radical (unpaired) electrons. The number of hydrogen-bond donors (Lipinski definition) is 2. The highest BCUT2D eigenvalue weighted by Crippen LogP contribution is 2.40. The average molecular weight is 351 g/mol. The molecule has 2 aliphatic heterocycles. The summed E-state index contributed by atoms with van der Waals surface area (Å²) in [6.07, 6.45) is 1.54. The second-order valence-electron chi connectivity index (χ2n) is 6.96. The van der Waals surface area contributed by atoms with Gasteiger partial charge in [0.2, 0.25) is 11.8 Å². The van der Waals surface area contributed by atoms with Gasteiger partial charge in [-0.2, -0.15) is 0 Å². The molecule has 1 aromatic rings. The minimum absolute atomic E-state index is 0.0199. The van der Waals surface area contributed by atoms with E-state index in [9.17, 15) is 14.7 Å². The van der Waals surface area contributed by atoms with Crippen LogP contribution in [0.25, 0.3) is 0 Å². The van der Waals surface area contributed by atoms with Crippen molar-refractivity contribution in [3.05, 3.63) is 22.4 Å². The SMILES string of the molecule is CN1CC(O)CC2(CCN(CC(=O)NCc3cccs3)CC2)C1=O. The molecule has 2 saturated heterocycles. The van der Waals surface area contributed by atoms with Gasteiger partial charge in [0.05, 0.1) is 24.6 Å². The Morgan fingerprint density at radius 3 is 2.88 bits per heavy atom. The van der Waals surface area contributed by atoms with E-state index in [1.54, 1.807) is 23.3 Å². The van der Waals surface area contributed by atoms with Crippen LogP contribution in [0.1, 0.15) is 24.1 Å². The van der Waals surface area contributed by atoms with Gasteiger partial charge in [-0.3, -0.25) is 14.5 Å². The van der Waals surface area contributed by atoms with Gasteiger partial charge in [0.25, 0.3) is 0 Å². The molecule has 0 bridgehead atoms. The lowest BCUT2D eigenvalue weighted by molar-refractivity contribution is -0.154. The predicted octanol–water partition coefficient (Wildman–Crippen LogP) is 0.670. The van der Waals surface area contributed by atoms with Crippen LogP contribution in [0.2, 0.25) is 0 Å². The molecule has 2 amide bonds. The van der Waals surface area contributed by atoms with Crippen molar-refractivity contribution in [2.75, 3.05) is 33.2 Å². The Hall–Kier alpha value is -1.44. The monoisotopic (exact) mass is 351 g/mol. The molecule has 2 N–H and O–H groups in total. The first kappa shape index (κ1) is 17.4. The Morgan fingerprint density at radius 1 is 1.46 bits per heavy atom. The number of hydrogen-bond acceptors (Lipinski definition) is 5. The van der Waals surface area contributed by atoms with Gasteiger partial charge in [-0.25, -0.2) is 0 Å². The van der Waals surface area contributed by atoms with Gasteiger partial charge in [0.1, 0.15) is 0 Å². The summed E-state index contributed by atoms with van der Waals surface area (Å²) in [6.45, 7) is 2.81. The van der Waals surface area contributed by atoms with Gasteiger partial charge >= 0.3 is 0 Å². The summed E-state index contributed by atoms with van der Waals surface area (Å²) in [5, 5.41) is 15.0. The van der Waals surface area contributed by atoms with E-state index in [1.165, 1.54) is 0 Å². The van der Waals surface area contributed by atoms with Crippen LogP contribution in [0.15, 0.2) is 17.5 Å². The Kier molecular flexibility index (Phi) is 5.22. The number of thiophene rings is 1. The molecule has 0 aliphatic carbocycles. The molecule has 2 aliphatic rings. The summed E-state index contributed by atoms with van der Waals surface area (Å²) < 4.78 is 0. The minimum atomic E-state index is -0.437. The fourth-order valence-electron chi connectivity index (χ4n) is 3.82. The minimum Gasteiger partial charge on any atom is -0.391 e. The van der Waals surface area contributed by atoms with E-state index >= 15 is 0 Å². The van der Waals surface area contributed by atoms with Crippen molar-refractivity contribution in [2.45, 2.75) is 31.9 Å². The molecule has 3 heterocycles. The fourth-order valence-corrected chi connectivity index (χ4v) is 4.47. The number of amides is 2. The standard InChI is InChI=1S/C17H25N3O3S/c1-19-11-13(21)9-17(16(19)23)4-6-20(7-5-17)12-15(22)18-10-14-3-2-8-24-14/h2-3,8,13,21H,4-7,9-12H2,1H3,(H,18,22). The van der Waals surface area contributed by atoms with E-state index in [2.05, 4.69) is 10.2 Å². The van der Waals surface area contributed by atoms with Gasteiger partial charge in [-0.1, -0.05) is 6.07 Å². The maximum atomic E-state index is 12.5. The second-order valence-corrected chi connectivity index (χ2v) is 7.99. The summed E-state index contributed by atoms with van der Waals surface area (Å²) >= 11 is 1.63. The van der Waals surface area contributed by atoms with Crippen LogP contribution in [-0.2, 0) is 16.1 Å². The van der Waals surface area contributed by atoms with E-state index in [0.717, 1.165) is 18.0 Å².